The van der Waals surface area contributed by atoms with Crippen molar-refractivity contribution in [1.29, 1.82) is 0 Å². The minimum Gasteiger partial charge on any atom is -0.306 e. The van der Waals surface area contributed by atoms with E-state index in [9.17, 15) is 9.18 Å². The first kappa shape index (κ1) is 15.2. The number of hydrogen-bond acceptors (Lipinski definition) is 2. The summed E-state index contributed by atoms with van der Waals surface area (Å²) in [6.45, 7) is 9.31. The van der Waals surface area contributed by atoms with E-state index in [4.69, 9.17) is 0 Å². The van der Waals surface area contributed by atoms with Gasteiger partial charge in [-0.3, -0.25) is 0 Å². The van der Waals surface area contributed by atoms with E-state index in [1.54, 1.807) is 6.08 Å². The summed E-state index contributed by atoms with van der Waals surface area (Å²) in [5, 5.41) is 8.41. The Morgan fingerprint density at radius 3 is 2.81 bits per heavy atom. The van der Waals surface area contributed by atoms with Gasteiger partial charge in [0.15, 0.2) is 0 Å². The summed E-state index contributed by atoms with van der Waals surface area (Å²) in [5.74, 6) is -0.294. The summed E-state index contributed by atoms with van der Waals surface area (Å²) < 4.78 is 13.9. The van der Waals surface area contributed by atoms with E-state index >= 15 is 0 Å². The van der Waals surface area contributed by atoms with Crippen LogP contribution in [0.3, 0.4) is 0 Å². The molecular formula is C16H20FN3O. The number of anilines is 1. The van der Waals surface area contributed by atoms with Crippen LogP contribution in [-0.4, -0.2) is 16.8 Å². The number of aryl methyl sites for hydroxylation is 1. The Morgan fingerprint density at radius 1 is 1.52 bits per heavy atom. The molecule has 0 bridgehead atoms. The summed E-state index contributed by atoms with van der Waals surface area (Å²) in [6, 6.07) is 2.60. The van der Waals surface area contributed by atoms with Gasteiger partial charge in [0.1, 0.15) is 5.82 Å². The van der Waals surface area contributed by atoms with Crippen molar-refractivity contribution in [3.8, 4) is 0 Å². The van der Waals surface area contributed by atoms with Crippen molar-refractivity contribution in [2.75, 3.05) is 5.32 Å². The fourth-order valence-corrected chi connectivity index (χ4v) is 2.45. The van der Waals surface area contributed by atoms with E-state index in [1.165, 1.54) is 11.1 Å². The van der Waals surface area contributed by atoms with Crippen molar-refractivity contribution < 1.29 is 9.18 Å². The summed E-state index contributed by atoms with van der Waals surface area (Å²) in [7, 11) is 0. The van der Waals surface area contributed by atoms with Crippen LogP contribution in [0.1, 0.15) is 44.4 Å². The maximum Gasteiger partial charge on any atom is 0.342 e. The maximum absolute atomic E-state index is 13.9. The van der Waals surface area contributed by atoms with Gasteiger partial charge in [-0.1, -0.05) is 13.0 Å². The fraction of sp³-hybridized carbons (Fsp3) is 0.375. The van der Waals surface area contributed by atoms with Gasteiger partial charge in [0.2, 0.25) is 0 Å². The van der Waals surface area contributed by atoms with Crippen LogP contribution in [0.2, 0.25) is 0 Å². The lowest BCUT2D eigenvalue weighted by Crippen LogP contribution is -2.39. The molecule has 1 aromatic carbocycles. The minimum atomic E-state index is -0.348. The van der Waals surface area contributed by atoms with Gasteiger partial charge in [0, 0.05) is 11.3 Å². The van der Waals surface area contributed by atoms with E-state index in [0.717, 1.165) is 11.3 Å². The summed E-state index contributed by atoms with van der Waals surface area (Å²) in [6.07, 6.45) is 2.91. The van der Waals surface area contributed by atoms with Gasteiger partial charge >= 0.3 is 6.03 Å². The van der Waals surface area contributed by atoms with Crippen LogP contribution in [0.15, 0.2) is 29.9 Å². The molecule has 112 valence electrons. The largest absolute Gasteiger partial charge is 0.342 e. The third-order valence-electron chi connectivity index (χ3n) is 3.40. The molecule has 1 N–H and O–H groups in total. The first-order chi connectivity index (χ1) is 9.97. The highest BCUT2D eigenvalue weighted by molar-refractivity contribution is 5.94. The second-order valence-electron chi connectivity index (χ2n) is 5.25. The normalized spacial score (nSPS) is 17.0. The van der Waals surface area contributed by atoms with Gasteiger partial charge in [0.05, 0.1) is 11.7 Å². The van der Waals surface area contributed by atoms with Gasteiger partial charge in [-0.05, 0) is 44.4 Å². The number of halogens is 1. The quantitative estimate of drug-likeness (QED) is 0.653. The third kappa shape index (κ3) is 2.96. The Labute approximate surface area is 124 Å². The number of carbonyl (C=O) groups excluding carboxylic acids is 1. The van der Waals surface area contributed by atoms with Crippen molar-refractivity contribution >= 4 is 17.4 Å². The van der Waals surface area contributed by atoms with Gasteiger partial charge in [-0.15, -0.1) is 6.58 Å². The number of amides is 2. The molecule has 0 radical (unpaired) electrons. The number of urea groups is 1. The molecule has 0 fully saturated rings. The molecule has 0 spiro atoms. The minimum absolute atomic E-state index is 0.257. The molecule has 0 saturated heterocycles. The second kappa shape index (κ2) is 6.08. The molecule has 0 aliphatic carbocycles. The molecule has 0 saturated carbocycles. The monoisotopic (exact) mass is 289 g/mol. The topological polar surface area (TPSA) is 44.7 Å². The van der Waals surface area contributed by atoms with Crippen LogP contribution in [0.25, 0.3) is 0 Å². The standard InChI is InChI=1S/C16H20FN3O/c1-5-7-15-12-8-11(6-2)13(17)9-14(12)18-16(21)20(15)19-10(3)4/h5,8-9,15H,1,6-7H2,2-4H3,(H,18,21). The van der Waals surface area contributed by atoms with E-state index in [-0.39, 0.29) is 17.9 Å². The molecular weight excluding hydrogens is 269 g/mol. The Bertz CT molecular complexity index is 606. The Balaban J connectivity index is 2.56. The summed E-state index contributed by atoms with van der Waals surface area (Å²) >= 11 is 0. The molecule has 0 aromatic heterocycles. The summed E-state index contributed by atoms with van der Waals surface area (Å²) in [4.78, 5) is 12.2. The SMILES string of the molecule is C=CCC1c2cc(CC)c(F)cc2NC(=O)N1N=C(C)C. The Kier molecular flexibility index (Phi) is 4.40. The first-order valence-electron chi connectivity index (χ1n) is 7.03. The van der Waals surface area contributed by atoms with Crippen LogP contribution < -0.4 is 5.32 Å². The molecule has 1 unspecified atom stereocenters. The van der Waals surface area contributed by atoms with Crippen molar-refractivity contribution in [3.63, 3.8) is 0 Å². The van der Waals surface area contributed by atoms with Crippen molar-refractivity contribution in [3.05, 3.63) is 41.7 Å². The molecule has 21 heavy (non-hydrogen) atoms. The molecule has 1 aliphatic heterocycles. The van der Waals surface area contributed by atoms with Crippen LogP contribution >= 0.6 is 0 Å². The predicted octanol–water partition coefficient (Wildman–Crippen LogP) is 4.25. The number of nitrogens with zero attached hydrogens (tertiary/aromatic N) is 2. The van der Waals surface area contributed by atoms with E-state index in [2.05, 4.69) is 17.0 Å². The predicted molar refractivity (Wildman–Crippen MR) is 83.0 cm³/mol. The zero-order chi connectivity index (χ0) is 15.6. The van der Waals surface area contributed by atoms with Crippen molar-refractivity contribution in [1.82, 2.24) is 5.01 Å². The van der Waals surface area contributed by atoms with Gasteiger partial charge in [-0.25, -0.2) is 14.2 Å². The van der Waals surface area contributed by atoms with E-state index in [1.807, 2.05) is 26.8 Å². The molecule has 1 aliphatic rings. The van der Waals surface area contributed by atoms with E-state index < -0.39 is 0 Å². The lowest BCUT2D eigenvalue weighted by molar-refractivity contribution is 0.188. The molecule has 4 nitrogen and oxygen atoms in total. The molecule has 2 amide bonds. The molecule has 1 aromatic rings. The van der Waals surface area contributed by atoms with Crippen molar-refractivity contribution in [2.45, 2.75) is 39.7 Å². The summed E-state index contributed by atoms with van der Waals surface area (Å²) in [5.41, 5.74) is 2.80. The van der Waals surface area contributed by atoms with Crippen molar-refractivity contribution in [2.24, 2.45) is 5.10 Å². The zero-order valence-electron chi connectivity index (χ0n) is 12.6. The van der Waals surface area contributed by atoms with Crippen LogP contribution in [0.5, 0.6) is 0 Å². The molecule has 1 heterocycles. The lowest BCUT2D eigenvalue weighted by atomic mass is 9.96. The van der Waals surface area contributed by atoms with Gasteiger partial charge in [-0.2, -0.15) is 5.10 Å². The second-order valence-corrected chi connectivity index (χ2v) is 5.25. The fourth-order valence-electron chi connectivity index (χ4n) is 2.45. The Morgan fingerprint density at radius 2 is 2.24 bits per heavy atom. The number of carbonyl (C=O) groups is 1. The number of rotatable bonds is 4. The average Bonchev–Trinajstić information content (AvgIpc) is 2.42. The Hall–Kier alpha value is -2.17. The first-order valence-corrected chi connectivity index (χ1v) is 7.03. The zero-order valence-corrected chi connectivity index (χ0v) is 12.6. The van der Waals surface area contributed by atoms with Crippen LogP contribution in [0.4, 0.5) is 14.9 Å². The van der Waals surface area contributed by atoms with Crippen LogP contribution in [-0.2, 0) is 6.42 Å². The smallest absolute Gasteiger partial charge is 0.306 e. The number of fused-ring (bicyclic) bond motifs is 1. The van der Waals surface area contributed by atoms with Gasteiger partial charge < -0.3 is 5.32 Å². The third-order valence-corrected chi connectivity index (χ3v) is 3.40. The molecule has 5 heteroatoms. The molecule has 1 atom stereocenters. The van der Waals surface area contributed by atoms with Crippen LogP contribution in [0, 0.1) is 5.82 Å². The number of benzene rings is 1. The highest BCUT2D eigenvalue weighted by atomic mass is 19.1. The number of hydrogen-bond donors (Lipinski definition) is 1. The maximum atomic E-state index is 13.9. The van der Waals surface area contributed by atoms with E-state index in [0.29, 0.717) is 24.1 Å². The lowest BCUT2D eigenvalue weighted by Gasteiger charge is -2.34. The number of nitrogens with one attached hydrogen (secondary N) is 1. The highest BCUT2D eigenvalue weighted by Gasteiger charge is 2.32. The molecule has 2 rings (SSSR count). The average molecular weight is 289 g/mol. The number of hydrazone groups is 1. The van der Waals surface area contributed by atoms with Gasteiger partial charge in [0.25, 0.3) is 0 Å². The highest BCUT2D eigenvalue weighted by Crippen LogP contribution is 2.37.